The Kier molecular flexibility index (Phi) is 29.7. The Morgan fingerprint density at radius 3 is 1.28 bits per heavy atom. The third-order valence-electron chi connectivity index (χ3n) is 9.39. The molecule has 0 aromatic rings. The van der Waals surface area contributed by atoms with Gasteiger partial charge in [-0.3, -0.25) is 57.7 Å². The lowest BCUT2D eigenvalue weighted by Crippen LogP contribution is -2.55. The lowest BCUT2D eigenvalue weighted by molar-refractivity contribution is -0.133. The number of nitrogens with one attached hydrogen (secondary N) is 10. The maximum atomic E-state index is 13.2. The second-order valence-corrected chi connectivity index (χ2v) is 16.9. The second-order valence-electron chi connectivity index (χ2n) is 16.9. The predicted octanol–water partition coefficient (Wildman–Crippen LogP) is -5.57. The van der Waals surface area contributed by atoms with Crippen LogP contribution in [0.4, 0.5) is 0 Å². The molecule has 0 saturated heterocycles. The molecule has 18 N–H and O–H groups in total. The van der Waals surface area contributed by atoms with E-state index in [1.54, 1.807) is 27.7 Å². The quantitative estimate of drug-likeness (QED) is 0.0166. The molecule has 0 aliphatic carbocycles. The Bertz CT molecular complexity index is 1720. The van der Waals surface area contributed by atoms with E-state index in [2.05, 4.69) is 58.2 Å². The smallest absolute Gasteiger partial charge is 0.243 e. The van der Waals surface area contributed by atoms with Gasteiger partial charge in [-0.15, -0.1) is 0 Å². The van der Waals surface area contributed by atoms with Gasteiger partial charge in [-0.1, -0.05) is 41.5 Å². The molecule has 380 valence electrons. The lowest BCUT2D eigenvalue weighted by Gasteiger charge is -2.23. The first kappa shape index (κ1) is 60.4. The molecule has 0 heterocycles. The standard InChI is InChI=1S/C41H75N15O11/c1-22(2)15-28(38(65)50-20-33(61)55-29(16-23(3)4)39(66)49-19-32(60)53-26(36(43)63)11-8-9-13-42)54-31(59)18-47-30(58)17-51-40(67)35(24(5)6)56-34(62)21-48-37(64)27(52-25(7)57)12-10-14-46-41(44)45/h22-24,26-29,35H,8-21,42H2,1-7H3,(H2,43,63)(H,47,58)(H,48,64)(H,49,66)(H,50,65)(H,51,67)(H,52,57)(H,53,60)(H,54,59)(H,55,61)(H,56,62)(H4,44,45,46)/t26-,27-,28-,29-,35-/m0/s1. The molecule has 0 bridgehead atoms. The van der Waals surface area contributed by atoms with Crippen LogP contribution in [-0.2, 0) is 52.7 Å². The minimum absolute atomic E-state index is 0.0696. The van der Waals surface area contributed by atoms with Crippen LogP contribution < -0.4 is 76.1 Å². The number of hydrogen-bond acceptors (Lipinski definition) is 13. The SMILES string of the molecule is CC(=O)N[C@@H](CCCN=C(N)N)C(=O)NCC(=O)N[C@H](C(=O)NCC(=O)NCC(=O)N[C@@H](CC(C)C)C(=O)NCC(=O)N[C@@H](CC(C)C)C(=O)NCC(=O)N[C@@H](CCCCN)C(N)=O)C(C)C. The van der Waals surface area contributed by atoms with Crippen molar-refractivity contribution < 1.29 is 52.7 Å². The molecule has 26 nitrogen and oxygen atoms in total. The summed E-state index contributed by atoms with van der Waals surface area (Å²) in [7, 11) is 0. The zero-order valence-electron chi connectivity index (χ0n) is 39.8. The Morgan fingerprint density at radius 2 is 0.866 bits per heavy atom. The Balaban J connectivity index is 5.17. The number of nitrogens with two attached hydrogens (primary N) is 4. The first-order valence-electron chi connectivity index (χ1n) is 22.2. The van der Waals surface area contributed by atoms with Crippen LogP contribution in [0, 0.1) is 17.8 Å². The van der Waals surface area contributed by atoms with E-state index in [0.717, 1.165) is 0 Å². The summed E-state index contributed by atoms with van der Waals surface area (Å²) in [5, 5.41) is 24.5. The van der Waals surface area contributed by atoms with Crippen LogP contribution in [0.3, 0.4) is 0 Å². The Morgan fingerprint density at radius 1 is 0.463 bits per heavy atom. The molecule has 26 heteroatoms. The summed E-state index contributed by atoms with van der Waals surface area (Å²) in [5.74, 6) is -8.40. The number of carbonyl (C=O) groups is 11. The predicted molar refractivity (Wildman–Crippen MR) is 246 cm³/mol. The van der Waals surface area contributed by atoms with Gasteiger partial charge in [0.15, 0.2) is 5.96 Å². The zero-order valence-corrected chi connectivity index (χ0v) is 39.8. The van der Waals surface area contributed by atoms with Crippen molar-refractivity contribution in [3.63, 3.8) is 0 Å². The normalized spacial score (nSPS) is 13.1. The molecule has 67 heavy (non-hydrogen) atoms. The van der Waals surface area contributed by atoms with Crippen LogP contribution in [0.2, 0.25) is 0 Å². The molecule has 0 radical (unpaired) electrons. The largest absolute Gasteiger partial charge is 0.370 e. The summed E-state index contributed by atoms with van der Waals surface area (Å²) >= 11 is 0. The molecule has 0 aromatic carbocycles. The van der Waals surface area contributed by atoms with Gasteiger partial charge in [-0.05, 0) is 69.2 Å². The topological polar surface area (TPSA) is 425 Å². The first-order valence-corrected chi connectivity index (χ1v) is 22.2. The van der Waals surface area contributed by atoms with E-state index < -0.39 is 134 Å². The van der Waals surface area contributed by atoms with E-state index in [0.29, 0.717) is 25.8 Å². The molecule has 0 rings (SSSR count). The van der Waals surface area contributed by atoms with E-state index in [4.69, 9.17) is 22.9 Å². The molecule has 0 aromatic heterocycles. The van der Waals surface area contributed by atoms with Crippen LogP contribution in [0.1, 0.15) is 93.4 Å². The van der Waals surface area contributed by atoms with Gasteiger partial charge >= 0.3 is 0 Å². The highest BCUT2D eigenvalue weighted by atomic mass is 16.2. The molecule has 0 aliphatic heterocycles. The monoisotopic (exact) mass is 954 g/mol. The lowest BCUT2D eigenvalue weighted by atomic mass is 10.0. The van der Waals surface area contributed by atoms with Gasteiger partial charge in [0, 0.05) is 13.5 Å². The Labute approximate surface area is 391 Å². The first-order chi connectivity index (χ1) is 31.4. The number of primary amides is 1. The molecular formula is C41H75N15O11. The van der Waals surface area contributed by atoms with Crippen molar-refractivity contribution in [2.45, 2.75) is 124 Å². The fourth-order valence-corrected chi connectivity index (χ4v) is 6.09. The number of carbonyl (C=O) groups excluding carboxylic acids is 11. The number of nitrogens with zero attached hydrogens (tertiary/aromatic N) is 1. The minimum atomic E-state index is -1.13. The molecule has 0 spiro atoms. The zero-order chi connectivity index (χ0) is 51.2. The van der Waals surface area contributed by atoms with Gasteiger partial charge in [0.1, 0.15) is 30.2 Å². The van der Waals surface area contributed by atoms with Gasteiger partial charge in [0.05, 0.1) is 32.7 Å². The van der Waals surface area contributed by atoms with Crippen LogP contribution in [0.25, 0.3) is 0 Å². The van der Waals surface area contributed by atoms with Crippen molar-refractivity contribution in [2.75, 3.05) is 45.8 Å². The molecule has 0 aliphatic rings. The van der Waals surface area contributed by atoms with E-state index in [9.17, 15) is 52.7 Å². The maximum Gasteiger partial charge on any atom is 0.243 e. The number of aliphatic imine (C=N–C) groups is 1. The van der Waals surface area contributed by atoms with Crippen LogP contribution in [0.15, 0.2) is 4.99 Å². The molecule has 0 unspecified atom stereocenters. The van der Waals surface area contributed by atoms with Crippen molar-refractivity contribution in [3.8, 4) is 0 Å². The number of hydrogen-bond donors (Lipinski definition) is 14. The summed E-state index contributed by atoms with van der Waals surface area (Å²) in [4.78, 5) is 142. The average molecular weight is 954 g/mol. The third kappa shape index (κ3) is 28.8. The molecule has 0 saturated carbocycles. The minimum Gasteiger partial charge on any atom is -0.370 e. The molecule has 11 amide bonds. The summed E-state index contributed by atoms with van der Waals surface area (Å²) in [6.45, 7) is 9.57. The van der Waals surface area contributed by atoms with Crippen LogP contribution in [-0.4, -0.2) is 147 Å². The number of unbranched alkanes of at least 4 members (excludes halogenated alkanes) is 1. The fraction of sp³-hybridized carbons (Fsp3) is 0.707. The number of amides is 11. The van der Waals surface area contributed by atoms with E-state index in [1.165, 1.54) is 6.92 Å². The van der Waals surface area contributed by atoms with Gasteiger partial charge in [0.25, 0.3) is 0 Å². The molecular weight excluding hydrogens is 879 g/mol. The summed E-state index contributed by atoms with van der Waals surface area (Å²) in [6, 6.07) is -5.26. The third-order valence-corrected chi connectivity index (χ3v) is 9.39. The van der Waals surface area contributed by atoms with Gasteiger partial charge in [0.2, 0.25) is 65.0 Å². The van der Waals surface area contributed by atoms with Gasteiger partial charge in [-0.2, -0.15) is 0 Å². The molecule has 5 atom stereocenters. The van der Waals surface area contributed by atoms with E-state index in [-0.39, 0.29) is 50.0 Å². The van der Waals surface area contributed by atoms with Crippen molar-refractivity contribution in [1.82, 2.24) is 53.2 Å². The summed E-state index contributed by atoms with van der Waals surface area (Å²) < 4.78 is 0. The van der Waals surface area contributed by atoms with Gasteiger partial charge < -0.3 is 76.1 Å². The van der Waals surface area contributed by atoms with Gasteiger partial charge in [-0.25, -0.2) is 0 Å². The van der Waals surface area contributed by atoms with Crippen LogP contribution in [0.5, 0.6) is 0 Å². The summed E-state index contributed by atoms with van der Waals surface area (Å²) in [5.41, 5.74) is 21.5. The summed E-state index contributed by atoms with van der Waals surface area (Å²) in [6.07, 6.45) is 2.32. The van der Waals surface area contributed by atoms with E-state index >= 15 is 0 Å². The highest BCUT2D eigenvalue weighted by molar-refractivity contribution is 5.96. The number of rotatable bonds is 33. The molecule has 0 fully saturated rings. The van der Waals surface area contributed by atoms with Crippen molar-refractivity contribution in [3.05, 3.63) is 0 Å². The fourth-order valence-electron chi connectivity index (χ4n) is 6.09. The van der Waals surface area contributed by atoms with Crippen LogP contribution >= 0.6 is 0 Å². The van der Waals surface area contributed by atoms with Crippen molar-refractivity contribution >= 4 is 70.9 Å². The van der Waals surface area contributed by atoms with E-state index in [1.807, 2.05) is 13.8 Å². The maximum absolute atomic E-state index is 13.2. The van der Waals surface area contributed by atoms with Crippen molar-refractivity contribution in [1.29, 1.82) is 0 Å². The highest BCUT2D eigenvalue weighted by Gasteiger charge is 2.28. The highest BCUT2D eigenvalue weighted by Crippen LogP contribution is 2.07. The second kappa shape index (κ2) is 33.0. The average Bonchev–Trinajstić information content (AvgIpc) is 3.23. The Hall–Kier alpha value is -6.60. The number of guanidine groups is 1. The van der Waals surface area contributed by atoms with Crippen molar-refractivity contribution in [2.24, 2.45) is 45.7 Å².